The molecule has 1 heterocycles. The quantitative estimate of drug-likeness (QED) is 0.375. The van der Waals surface area contributed by atoms with Crippen LogP contribution in [0.3, 0.4) is 0 Å². The van der Waals surface area contributed by atoms with Gasteiger partial charge in [0.25, 0.3) is 0 Å². The van der Waals surface area contributed by atoms with Gasteiger partial charge in [-0.1, -0.05) is 0 Å². The lowest BCUT2D eigenvalue weighted by Crippen LogP contribution is -2.30. The molecule has 0 amide bonds. The highest BCUT2D eigenvalue weighted by Crippen LogP contribution is 2.30. The Morgan fingerprint density at radius 2 is 2.04 bits per heavy atom. The zero-order chi connectivity index (χ0) is 17.5. The van der Waals surface area contributed by atoms with E-state index in [1.807, 2.05) is 39.0 Å². The summed E-state index contributed by atoms with van der Waals surface area (Å²) in [6, 6.07) is 5.71. The molecular weight excluding hydrogens is 451 g/mol. The maximum atomic E-state index is 5.53. The van der Waals surface area contributed by atoms with Crippen molar-refractivity contribution in [1.82, 2.24) is 10.3 Å². The van der Waals surface area contributed by atoms with E-state index in [1.54, 1.807) is 25.5 Å². The minimum atomic E-state index is 0. The number of aryl methyl sites for hydroxylation is 2. The Bertz CT molecular complexity index is 719. The molecule has 0 radical (unpaired) electrons. The first-order valence-corrected chi connectivity index (χ1v) is 8.60. The predicted molar refractivity (Wildman–Crippen MR) is 115 cm³/mol. The van der Waals surface area contributed by atoms with E-state index < -0.39 is 0 Å². The number of ether oxygens (including phenoxy) is 2. The molecule has 2 rings (SSSR count). The lowest BCUT2D eigenvalue weighted by atomic mass is 10.2. The predicted octanol–water partition coefficient (Wildman–Crippen LogP) is 3.97. The number of rotatable bonds is 6. The molecule has 0 unspecified atom stereocenters. The van der Waals surface area contributed by atoms with Gasteiger partial charge in [-0.05, 0) is 32.9 Å². The number of benzene rings is 1. The number of anilines is 1. The molecule has 0 aliphatic rings. The van der Waals surface area contributed by atoms with Crippen molar-refractivity contribution >= 4 is 47.0 Å². The Labute approximate surface area is 170 Å². The smallest absolute Gasteiger partial charge is 0.195 e. The van der Waals surface area contributed by atoms with Crippen molar-refractivity contribution < 1.29 is 9.47 Å². The number of nitrogens with one attached hydrogen (secondary N) is 2. The number of halogens is 1. The summed E-state index contributed by atoms with van der Waals surface area (Å²) < 4.78 is 10.9. The van der Waals surface area contributed by atoms with Crippen LogP contribution < -0.4 is 20.1 Å². The summed E-state index contributed by atoms with van der Waals surface area (Å²) in [5.41, 5.74) is 1.93. The SMILES string of the molecule is CCOc1ccc(NC(=NC)NCc2sc(C)nc2C)cc1OC.I. The highest BCUT2D eigenvalue weighted by atomic mass is 127. The third-order valence-electron chi connectivity index (χ3n) is 3.37. The van der Waals surface area contributed by atoms with Crippen LogP contribution in [-0.2, 0) is 6.54 Å². The molecule has 0 fully saturated rings. The number of aromatic nitrogens is 1. The van der Waals surface area contributed by atoms with E-state index in [0.717, 1.165) is 22.1 Å². The maximum Gasteiger partial charge on any atom is 0.195 e. The molecule has 0 saturated carbocycles. The Hall–Kier alpha value is -1.55. The third-order valence-corrected chi connectivity index (χ3v) is 4.44. The van der Waals surface area contributed by atoms with E-state index in [0.29, 0.717) is 24.9 Å². The van der Waals surface area contributed by atoms with Crippen LogP contribution in [0.4, 0.5) is 5.69 Å². The van der Waals surface area contributed by atoms with Crippen molar-refractivity contribution in [1.29, 1.82) is 0 Å². The summed E-state index contributed by atoms with van der Waals surface area (Å²) in [7, 11) is 3.37. The number of thiazole rings is 1. The van der Waals surface area contributed by atoms with Crippen molar-refractivity contribution in [3.63, 3.8) is 0 Å². The van der Waals surface area contributed by atoms with Crippen LogP contribution >= 0.6 is 35.3 Å². The Kier molecular flexibility index (Phi) is 8.98. The van der Waals surface area contributed by atoms with E-state index >= 15 is 0 Å². The van der Waals surface area contributed by atoms with Gasteiger partial charge in [-0.2, -0.15) is 0 Å². The Morgan fingerprint density at radius 3 is 2.60 bits per heavy atom. The second kappa shape index (κ2) is 10.4. The maximum absolute atomic E-state index is 5.53. The van der Waals surface area contributed by atoms with Crippen LogP contribution in [0, 0.1) is 13.8 Å². The largest absolute Gasteiger partial charge is 0.493 e. The summed E-state index contributed by atoms with van der Waals surface area (Å²) in [6.45, 7) is 7.26. The lowest BCUT2D eigenvalue weighted by molar-refractivity contribution is 0.311. The van der Waals surface area contributed by atoms with E-state index in [2.05, 4.69) is 20.6 Å². The van der Waals surface area contributed by atoms with Crippen LogP contribution in [0.15, 0.2) is 23.2 Å². The summed E-state index contributed by atoms with van der Waals surface area (Å²) in [5.74, 6) is 2.10. The van der Waals surface area contributed by atoms with Crippen molar-refractivity contribution in [3.8, 4) is 11.5 Å². The molecule has 25 heavy (non-hydrogen) atoms. The molecule has 0 atom stereocenters. The number of hydrogen-bond acceptors (Lipinski definition) is 5. The minimum Gasteiger partial charge on any atom is -0.493 e. The van der Waals surface area contributed by atoms with Crippen molar-refractivity contribution in [2.45, 2.75) is 27.3 Å². The molecule has 6 nitrogen and oxygen atoms in total. The van der Waals surface area contributed by atoms with Crippen LogP contribution in [0.25, 0.3) is 0 Å². The van der Waals surface area contributed by atoms with E-state index in [-0.39, 0.29) is 24.0 Å². The summed E-state index contributed by atoms with van der Waals surface area (Å²) in [4.78, 5) is 9.90. The molecule has 0 bridgehead atoms. The van der Waals surface area contributed by atoms with Gasteiger partial charge in [-0.3, -0.25) is 4.99 Å². The molecule has 0 aliphatic carbocycles. The van der Waals surface area contributed by atoms with Crippen molar-refractivity contribution in [3.05, 3.63) is 33.8 Å². The zero-order valence-electron chi connectivity index (χ0n) is 15.2. The normalized spacial score (nSPS) is 10.8. The molecule has 138 valence electrons. The van der Waals surface area contributed by atoms with Gasteiger partial charge in [0.1, 0.15) is 0 Å². The van der Waals surface area contributed by atoms with E-state index in [9.17, 15) is 0 Å². The molecular formula is C17H25IN4O2S. The molecule has 2 N–H and O–H groups in total. The Balaban J connectivity index is 0.00000312. The van der Waals surface area contributed by atoms with Gasteiger partial charge >= 0.3 is 0 Å². The van der Waals surface area contributed by atoms with Gasteiger partial charge in [-0.15, -0.1) is 35.3 Å². The molecule has 1 aromatic carbocycles. The average Bonchev–Trinajstić information content (AvgIpc) is 2.90. The summed E-state index contributed by atoms with van der Waals surface area (Å²) in [5, 5.41) is 7.63. The van der Waals surface area contributed by atoms with E-state index in [4.69, 9.17) is 9.47 Å². The number of methoxy groups -OCH3 is 1. The highest BCUT2D eigenvalue weighted by molar-refractivity contribution is 14.0. The molecule has 0 saturated heterocycles. The first kappa shape index (κ1) is 21.5. The van der Waals surface area contributed by atoms with Gasteiger partial charge in [-0.25, -0.2) is 4.98 Å². The standard InChI is InChI=1S/C17H24N4O2S.HI/c1-6-23-14-8-7-13(9-15(14)22-5)21-17(18-4)19-10-16-11(2)20-12(3)24-16;/h7-9H,6,10H2,1-5H3,(H2,18,19,21);1H. The topological polar surface area (TPSA) is 67.8 Å². The van der Waals surface area contributed by atoms with Crippen LogP contribution in [0.5, 0.6) is 11.5 Å². The molecule has 1 aromatic heterocycles. The van der Waals surface area contributed by atoms with Crippen LogP contribution in [0.1, 0.15) is 22.5 Å². The highest BCUT2D eigenvalue weighted by Gasteiger charge is 2.08. The Morgan fingerprint density at radius 1 is 1.28 bits per heavy atom. The number of aliphatic imine (C=N–C) groups is 1. The van der Waals surface area contributed by atoms with Gasteiger partial charge in [0.15, 0.2) is 17.5 Å². The second-order valence-electron chi connectivity index (χ2n) is 5.09. The minimum absolute atomic E-state index is 0. The first-order chi connectivity index (χ1) is 11.6. The van der Waals surface area contributed by atoms with Gasteiger partial charge in [0, 0.05) is 23.7 Å². The van der Waals surface area contributed by atoms with Crippen LogP contribution in [0.2, 0.25) is 0 Å². The third kappa shape index (κ3) is 6.03. The van der Waals surface area contributed by atoms with Gasteiger partial charge in [0.05, 0.1) is 31.0 Å². The van der Waals surface area contributed by atoms with Crippen LogP contribution in [-0.4, -0.2) is 31.7 Å². The average molecular weight is 476 g/mol. The lowest BCUT2D eigenvalue weighted by Gasteiger charge is -2.14. The summed E-state index contributed by atoms with van der Waals surface area (Å²) in [6.07, 6.45) is 0. The fourth-order valence-electron chi connectivity index (χ4n) is 2.24. The van der Waals surface area contributed by atoms with Crippen molar-refractivity contribution in [2.24, 2.45) is 4.99 Å². The zero-order valence-corrected chi connectivity index (χ0v) is 18.3. The van der Waals surface area contributed by atoms with Gasteiger partial charge < -0.3 is 20.1 Å². The fraction of sp³-hybridized carbons (Fsp3) is 0.412. The first-order valence-electron chi connectivity index (χ1n) is 7.78. The van der Waals surface area contributed by atoms with Crippen molar-refractivity contribution in [2.75, 3.05) is 26.1 Å². The number of guanidine groups is 1. The number of hydrogen-bond donors (Lipinski definition) is 2. The number of nitrogens with zero attached hydrogens (tertiary/aromatic N) is 2. The summed E-state index contributed by atoms with van der Waals surface area (Å²) >= 11 is 1.69. The molecule has 0 spiro atoms. The fourth-order valence-corrected chi connectivity index (χ4v) is 3.11. The molecule has 8 heteroatoms. The van der Waals surface area contributed by atoms with E-state index in [1.165, 1.54) is 4.88 Å². The molecule has 2 aromatic rings. The van der Waals surface area contributed by atoms with Gasteiger partial charge in [0.2, 0.25) is 0 Å². The monoisotopic (exact) mass is 476 g/mol. The second-order valence-corrected chi connectivity index (χ2v) is 6.38. The molecule has 0 aliphatic heterocycles.